The van der Waals surface area contributed by atoms with Crippen molar-refractivity contribution < 1.29 is 23.1 Å². The molecule has 10 nitrogen and oxygen atoms in total. The summed E-state index contributed by atoms with van der Waals surface area (Å²) < 4.78 is 28.6. The summed E-state index contributed by atoms with van der Waals surface area (Å²) in [5, 5.41) is 16.3. The molecular formula is C37H45N5O5S. The molecule has 4 rings (SSSR count). The van der Waals surface area contributed by atoms with Gasteiger partial charge in [0.2, 0.25) is 15.9 Å². The van der Waals surface area contributed by atoms with Crippen LogP contribution < -0.4 is 16.4 Å². The number of aliphatic hydroxyl groups is 1. The largest absolute Gasteiger partial charge is 0.399 e. The predicted molar refractivity (Wildman–Crippen MR) is 188 cm³/mol. The maximum absolute atomic E-state index is 13.9. The number of nitrogens with two attached hydrogens (primary N) is 1. The number of hydrogen-bond acceptors (Lipinski definition) is 7. The lowest BCUT2D eigenvalue weighted by molar-refractivity contribution is -0.123. The molecule has 2 atom stereocenters. The fourth-order valence-corrected chi connectivity index (χ4v) is 7.46. The Hall–Kier alpha value is -4.58. The molecular weight excluding hydrogens is 627 g/mol. The van der Waals surface area contributed by atoms with E-state index in [1.807, 2.05) is 74.5 Å². The SMILES string of the molecule is CC(C)CN(C(CO)CCCCNC(=O)[C@@H](NC(=O)c1cccnc1)C(c1ccccc1)c1ccccc1)S(=O)(=O)c1ccc(N)cc1. The van der Waals surface area contributed by atoms with Gasteiger partial charge in [0, 0.05) is 43.1 Å². The zero-order valence-electron chi connectivity index (χ0n) is 27.4. The zero-order chi connectivity index (χ0) is 34.5. The molecule has 0 spiro atoms. The van der Waals surface area contributed by atoms with Gasteiger partial charge < -0.3 is 21.5 Å². The summed E-state index contributed by atoms with van der Waals surface area (Å²) in [6, 6.07) is 26.9. The number of anilines is 1. The number of carbonyl (C=O) groups is 2. The number of aromatic nitrogens is 1. The summed E-state index contributed by atoms with van der Waals surface area (Å²) in [6.07, 6.45) is 4.51. The Morgan fingerprint density at radius 2 is 1.50 bits per heavy atom. The molecule has 48 heavy (non-hydrogen) atoms. The molecule has 4 aromatic rings. The molecule has 11 heteroatoms. The Labute approximate surface area is 283 Å². The summed E-state index contributed by atoms with van der Waals surface area (Å²) in [5.74, 6) is -1.22. The van der Waals surface area contributed by atoms with Crippen LogP contribution in [0, 0.1) is 5.92 Å². The van der Waals surface area contributed by atoms with Crippen LogP contribution in [0.4, 0.5) is 5.69 Å². The Morgan fingerprint density at radius 3 is 2.04 bits per heavy atom. The van der Waals surface area contributed by atoms with E-state index >= 15 is 0 Å². The molecule has 0 bridgehead atoms. The van der Waals surface area contributed by atoms with E-state index in [-0.39, 0.29) is 29.9 Å². The van der Waals surface area contributed by atoms with Gasteiger partial charge in [0.1, 0.15) is 6.04 Å². The second-order valence-electron chi connectivity index (χ2n) is 12.2. The Kier molecular flexibility index (Phi) is 13.2. The third-order valence-electron chi connectivity index (χ3n) is 8.06. The molecule has 0 saturated carbocycles. The van der Waals surface area contributed by atoms with Crippen molar-refractivity contribution in [1.29, 1.82) is 0 Å². The second-order valence-corrected chi connectivity index (χ2v) is 14.0. The minimum atomic E-state index is -3.88. The van der Waals surface area contributed by atoms with Crippen molar-refractivity contribution in [2.24, 2.45) is 5.92 Å². The number of rotatable bonds is 17. The molecule has 1 aromatic heterocycles. The second kappa shape index (κ2) is 17.5. The molecule has 5 N–H and O–H groups in total. The fourth-order valence-electron chi connectivity index (χ4n) is 5.65. The first-order valence-electron chi connectivity index (χ1n) is 16.2. The minimum Gasteiger partial charge on any atom is -0.399 e. The third-order valence-corrected chi connectivity index (χ3v) is 9.99. The van der Waals surface area contributed by atoms with Crippen LogP contribution in [0.15, 0.2) is 114 Å². The lowest BCUT2D eigenvalue weighted by Gasteiger charge is -2.31. The number of carbonyl (C=O) groups excluding carboxylic acids is 2. The summed E-state index contributed by atoms with van der Waals surface area (Å²) in [5.41, 5.74) is 8.31. The van der Waals surface area contributed by atoms with Crippen LogP contribution >= 0.6 is 0 Å². The van der Waals surface area contributed by atoms with E-state index in [2.05, 4.69) is 15.6 Å². The van der Waals surface area contributed by atoms with Gasteiger partial charge in [0.15, 0.2) is 0 Å². The van der Waals surface area contributed by atoms with E-state index in [1.165, 1.54) is 22.6 Å². The van der Waals surface area contributed by atoms with Gasteiger partial charge in [-0.1, -0.05) is 80.9 Å². The van der Waals surface area contributed by atoms with Crippen molar-refractivity contribution in [2.45, 2.75) is 56.0 Å². The van der Waals surface area contributed by atoms with Crippen LogP contribution in [0.3, 0.4) is 0 Å². The highest BCUT2D eigenvalue weighted by atomic mass is 32.2. The van der Waals surface area contributed by atoms with Gasteiger partial charge in [-0.05, 0) is 66.3 Å². The van der Waals surface area contributed by atoms with Crippen LogP contribution in [0.5, 0.6) is 0 Å². The van der Waals surface area contributed by atoms with Crippen molar-refractivity contribution in [1.82, 2.24) is 19.9 Å². The normalized spacial score (nSPS) is 13.0. The van der Waals surface area contributed by atoms with E-state index in [9.17, 15) is 23.1 Å². The van der Waals surface area contributed by atoms with Gasteiger partial charge in [0.05, 0.1) is 17.1 Å². The molecule has 0 radical (unpaired) electrons. The van der Waals surface area contributed by atoms with Crippen molar-refractivity contribution in [3.05, 3.63) is 126 Å². The number of amides is 2. The van der Waals surface area contributed by atoms with Crippen LogP contribution in [-0.2, 0) is 14.8 Å². The van der Waals surface area contributed by atoms with Gasteiger partial charge in [-0.25, -0.2) is 8.42 Å². The maximum atomic E-state index is 13.9. The Morgan fingerprint density at radius 1 is 0.875 bits per heavy atom. The van der Waals surface area contributed by atoms with Gasteiger partial charge >= 0.3 is 0 Å². The lowest BCUT2D eigenvalue weighted by atomic mass is 9.84. The van der Waals surface area contributed by atoms with Gasteiger partial charge in [-0.15, -0.1) is 0 Å². The van der Waals surface area contributed by atoms with E-state index < -0.39 is 33.9 Å². The number of sulfonamides is 1. The van der Waals surface area contributed by atoms with Crippen LogP contribution in [-0.4, -0.2) is 66.4 Å². The predicted octanol–water partition coefficient (Wildman–Crippen LogP) is 4.59. The third kappa shape index (κ3) is 9.72. The van der Waals surface area contributed by atoms with Crippen LogP contribution in [0.25, 0.3) is 0 Å². The first kappa shape index (κ1) is 36.3. The number of aliphatic hydroxyl groups excluding tert-OH is 1. The molecule has 1 heterocycles. The Balaban J connectivity index is 1.48. The first-order valence-corrected chi connectivity index (χ1v) is 17.6. The highest BCUT2D eigenvalue weighted by Crippen LogP contribution is 2.29. The number of nitrogen functional groups attached to an aromatic ring is 1. The maximum Gasteiger partial charge on any atom is 0.253 e. The lowest BCUT2D eigenvalue weighted by Crippen LogP contribution is -2.50. The number of nitrogens with one attached hydrogen (secondary N) is 2. The van der Waals surface area contributed by atoms with E-state index in [1.54, 1.807) is 30.5 Å². The highest BCUT2D eigenvalue weighted by Gasteiger charge is 2.34. The van der Waals surface area contributed by atoms with Crippen LogP contribution in [0.2, 0.25) is 0 Å². The molecule has 3 aromatic carbocycles. The Bertz CT molecular complexity index is 1650. The zero-order valence-corrected chi connectivity index (χ0v) is 28.2. The molecule has 0 fully saturated rings. The van der Waals surface area contributed by atoms with Crippen molar-refractivity contribution in [3.63, 3.8) is 0 Å². The van der Waals surface area contributed by atoms with Gasteiger partial charge in [-0.3, -0.25) is 14.6 Å². The number of unbranched alkanes of at least 4 members (excludes halogenated alkanes) is 1. The molecule has 1 unspecified atom stereocenters. The van der Waals surface area contributed by atoms with Crippen molar-refractivity contribution in [2.75, 3.05) is 25.4 Å². The average molecular weight is 672 g/mol. The van der Waals surface area contributed by atoms with Gasteiger partial charge in [0.25, 0.3) is 5.91 Å². The number of pyridine rings is 1. The number of hydrogen-bond donors (Lipinski definition) is 4. The minimum absolute atomic E-state index is 0.0304. The average Bonchev–Trinajstić information content (AvgIpc) is 3.10. The number of benzene rings is 3. The van der Waals surface area contributed by atoms with E-state index in [0.29, 0.717) is 37.1 Å². The quantitative estimate of drug-likeness (QED) is 0.0946. The molecule has 254 valence electrons. The molecule has 0 aliphatic carbocycles. The standard InChI is InChI=1S/C37H45N5O5S/c1-27(2)25-42(48(46,47)33-20-18-31(38)19-21-33)32(26-43)17-9-10-23-40-37(45)35(41-36(44)30-16-11-22-39-24-30)34(28-12-5-3-6-13-28)29-14-7-4-8-15-29/h3-8,11-16,18-22,24,27,32,34-35,43H,9-10,17,23,25-26,38H2,1-2H3,(H,40,45)(H,41,44)/t32?,35-/m0/s1. The van der Waals surface area contributed by atoms with Crippen LogP contribution in [0.1, 0.15) is 60.5 Å². The highest BCUT2D eigenvalue weighted by molar-refractivity contribution is 7.89. The van der Waals surface area contributed by atoms with Crippen molar-refractivity contribution in [3.8, 4) is 0 Å². The smallest absolute Gasteiger partial charge is 0.253 e. The summed E-state index contributed by atoms with van der Waals surface area (Å²) in [4.78, 5) is 31.4. The summed E-state index contributed by atoms with van der Waals surface area (Å²) >= 11 is 0. The fraction of sp³-hybridized carbons (Fsp3) is 0.324. The van der Waals surface area contributed by atoms with Crippen molar-refractivity contribution >= 4 is 27.5 Å². The number of nitrogens with zero attached hydrogens (tertiary/aromatic N) is 2. The molecule has 0 aliphatic rings. The molecule has 0 saturated heterocycles. The summed E-state index contributed by atoms with van der Waals surface area (Å²) in [7, 11) is -3.88. The topological polar surface area (TPSA) is 155 Å². The summed E-state index contributed by atoms with van der Waals surface area (Å²) in [6.45, 7) is 4.05. The van der Waals surface area contributed by atoms with Gasteiger partial charge in [-0.2, -0.15) is 4.31 Å². The van der Waals surface area contributed by atoms with E-state index in [4.69, 9.17) is 5.73 Å². The molecule has 2 amide bonds. The first-order chi connectivity index (χ1) is 23.1. The molecule has 0 aliphatic heterocycles. The van der Waals surface area contributed by atoms with E-state index in [0.717, 1.165) is 11.1 Å². The monoisotopic (exact) mass is 671 g/mol.